The highest BCUT2D eigenvalue weighted by Gasteiger charge is 2.38. The SMILES string of the molecule is Clc1c(Br)ncn1-c1csc(N2[C@@H]3CC[C@H]2COC3)n1. The zero-order valence-electron chi connectivity index (χ0n) is 10.5. The number of imidazole rings is 1. The molecular weight excluding hydrogens is 364 g/mol. The summed E-state index contributed by atoms with van der Waals surface area (Å²) >= 11 is 11.2. The van der Waals surface area contributed by atoms with Gasteiger partial charge in [-0.15, -0.1) is 11.3 Å². The maximum absolute atomic E-state index is 6.19. The Labute approximate surface area is 133 Å². The van der Waals surface area contributed by atoms with Crippen LogP contribution in [0.2, 0.25) is 5.15 Å². The number of rotatable bonds is 2. The fourth-order valence-corrected chi connectivity index (χ4v) is 4.30. The van der Waals surface area contributed by atoms with Crippen LogP contribution in [0.25, 0.3) is 5.82 Å². The number of aromatic nitrogens is 3. The monoisotopic (exact) mass is 374 g/mol. The van der Waals surface area contributed by atoms with Crippen LogP contribution in [0.1, 0.15) is 12.8 Å². The van der Waals surface area contributed by atoms with Crippen LogP contribution in [-0.2, 0) is 4.74 Å². The molecule has 5 nitrogen and oxygen atoms in total. The molecule has 2 atom stereocenters. The molecule has 0 radical (unpaired) electrons. The molecule has 0 aromatic carbocycles. The van der Waals surface area contributed by atoms with Crippen molar-refractivity contribution in [3.63, 3.8) is 0 Å². The van der Waals surface area contributed by atoms with Crippen molar-refractivity contribution in [1.29, 1.82) is 0 Å². The van der Waals surface area contributed by atoms with E-state index in [1.807, 2.05) is 5.38 Å². The third-order valence-corrected chi connectivity index (χ3v) is 5.87. The summed E-state index contributed by atoms with van der Waals surface area (Å²) < 4.78 is 8.04. The number of ether oxygens (including phenoxy) is 1. The van der Waals surface area contributed by atoms with Crippen molar-refractivity contribution in [3.05, 3.63) is 21.5 Å². The van der Waals surface area contributed by atoms with Gasteiger partial charge in [0.05, 0.1) is 25.3 Å². The van der Waals surface area contributed by atoms with Crippen molar-refractivity contribution in [3.8, 4) is 5.82 Å². The van der Waals surface area contributed by atoms with Crippen molar-refractivity contribution in [1.82, 2.24) is 14.5 Å². The molecule has 4 heterocycles. The lowest BCUT2D eigenvalue weighted by Gasteiger charge is -2.34. The van der Waals surface area contributed by atoms with Gasteiger partial charge in [0.25, 0.3) is 0 Å². The van der Waals surface area contributed by atoms with E-state index in [9.17, 15) is 0 Å². The summed E-state index contributed by atoms with van der Waals surface area (Å²) in [4.78, 5) is 11.3. The Morgan fingerprint density at radius 1 is 1.35 bits per heavy atom. The van der Waals surface area contributed by atoms with E-state index in [0.29, 0.717) is 21.8 Å². The summed E-state index contributed by atoms with van der Waals surface area (Å²) in [5.74, 6) is 0.819. The second-order valence-corrected chi connectivity index (χ2v) is 6.96. The van der Waals surface area contributed by atoms with Crippen LogP contribution in [0.15, 0.2) is 16.3 Å². The van der Waals surface area contributed by atoms with Gasteiger partial charge in [0.1, 0.15) is 16.1 Å². The van der Waals surface area contributed by atoms with Crippen molar-refractivity contribution in [2.45, 2.75) is 24.9 Å². The van der Waals surface area contributed by atoms with E-state index >= 15 is 0 Å². The molecule has 20 heavy (non-hydrogen) atoms. The molecule has 2 aromatic heterocycles. The highest BCUT2D eigenvalue weighted by Crippen LogP contribution is 2.36. The summed E-state index contributed by atoms with van der Waals surface area (Å²) in [6.45, 7) is 1.62. The molecular formula is C12H12BrClN4OS. The minimum absolute atomic E-state index is 0.470. The molecule has 2 aliphatic rings. The largest absolute Gasteiger partial charge is 0.377 e. The number of nitrogens with zero attached hydrogens (tertiary/aromatic N) is 4. The summed E-state index contributed by atoms with van der Waals surface area (Å²) in [6.07, 6.45) is 4.06. The average Bonchev–Trinajstić information content (AvgIpc) is 3.09. The van der Waals surface area contributed by atoms with E-state index in [1.54, 1.807) is 22.2 Å². The fourth-order valence-electron chi connectivity index (χ4n) is 2.90. The van der Waals surface area contributed by atoms with Crippen molar-refractivity contribution < 1.29 is 4.74 Å². The third kappa shape index (κ3) is 1.99. The van der Waals surface area contributed by atoms with E-state index in [-0.39, 0.29) is 0 Å². The Balaban J connectivity index is 1.67. The van der Waals surface area contributed by atoms with Gasteiger partial charge in [0.15, 0.2) is 10.9 Å². The Hall–Kier alpha value is -0.630. The van der Waals surface area contributed by atoms with Crippen LogP contribution in [0, 0.1) is 0 Å². The van der Waals surface area contributed by atoms with Gasteiger partial charge in [-0.3, -0.25) is 4.57 Å². The predicted octanol–water partition coefficient (Wildman–Crippen LogP) is 3.11. The molecule has 8 heteroatoms. The van der Waals surface area contributed by atoms with Gasteiger partial charge in [0, 0.05) is 5.38 Å². The summed E-state index contributed by atoms with van der Waals surface area (Å²) in [6, 6.07) is 0.940. The lowest BCUT2D eigenvalue weighted by Crippen LogP contribution is -2.45. The number of morpholine rings is 1. The van der Waals surface area contributed by atoms with E-state index in [1.165, 1.54) is 12.8 Å². The van der Waals surface area contributed by atoms with Crippen molar-refractivity contribution >= 4 is 44.0 Å². The average molecular weight is 376 g/mol. The number of fused-ring (bicyclic) bond motifs is 2. The van der Waals surface area contributed by atoms with E-state index in [0.717, 1.165) is 24.2 Å². The van der Waals surface area contributed by atoms with Crippen molar-refractivity contribution in [2.24, 2.45) is 0 Å². The standard InChI is InChI=1S/C12H12BrClN4OS/c13-10-11(14)17(6-15-10)9-5-20-12(16-9)18-7-1-2-8(18)4-19-3-7/h5-8H,1-4H2/t7-,8+. The number of thiazole rings is 1. The molecule has 0 N–H and O–H groups in total. The molecule has 2 aromatic rings. The van der Waals surface area contributed by atoms with Gasteiger partial charge >= 0.3 is 0 Å². The van der Waals surface area contributed by atoms with Gasteiger partial charge in [-0.05, 0) is 28.8 Å². The molecule has 2 saturated heterocycles. The first-order valence-corrected chi connectivity index (χ1v) is 8.49. The molecule has 0 aliphatic carbocycles. The van der Waals surface area contributed by atoms with Gasteiger partial charge in [-0.25, -0.2) is 9.97 Å². The minimum atomic E-state index is 0.470. The lowest BCUT2D eigenvalue weighted by molar-refractivity contribution is 0.0906. The number of hydrogen-bond acceptors (Lipinski definition) is 5. The fraction of sp³-hybridized carbons (Fsp3) is 0.500. The molecule has 0 spiro atoms. The smallest absolute Gasteiger partial charge is 0.188 e. The second kappa shape index (κ2) is 4.98. The molecule has 2 bridgehead atoms. The van der Waals surface area contributed by atoms with Crippen LogP contribution in [0.5, 0.6) is 0 Å². The van der Waals surface area contributed by atoms with Crippen LogP contribution in [0.4, 0.5) is 5.13 Å². The van der Waals surface area contributed by atoms with Crippen LogP contribution < -0.4 is 4.90 Å². The molecule has 4 rings (SSSR count). The number of anilines is 1. The normalized spacial score (nSPS) is 25.4. The summed E-state index contributed by atoms with van der Waals surface area (Å²) in [7, 11) is 0. The quantitative estimate of drug-likeness (QED) is 0.809. The Bertz CT molecular complexity index is 629. The zero-order chi connectivity index (χ0) is 13.7. The highest BCUT2D eigenvalue weighted by molar-refractivity contribution is 9.10. The minimum Gasteiger partial charge on any atom is -0.377 e. The molecule has 106 valence electrons. The van der Waals surface area contributed by atoms with Gasteiger partial charge in [-0.2, -0.15) is 0 Å². The topological polar surface area (TPSA) is 43.2 Å². The molecule has 0 unspecified atom stereocenters. The Morgan fingerprint density at radius 3 is 2.75 bits per heavy atom. The maximum Gasteiger partial charge on any atom is 0.188 e. The first-order valence-electron chi connectivity index (χ1n) is 6.44. The summed E-state index contributed by atoms with van der Waals surface area (Å²) in [5, 5.41) is 3.62. The van der Waals surface area contributed by atoms with Gasteiger partial charge < -0.3 is 9.64 Å². The molecule has 2 aliphatic heterocycles. The van der Waals surface area contributed by atoms with Gasteiger partial charge in [0.2, 0.25) is 0 Å². The highest BCUT2D eigenvalue weighted by atomic mass is 79.9. The van der Waals surface area contributed by atoms with Gasteiger partial charge in [-0.1, -0.05) is 11.6 Å². The molecule has 2 fully saturated rings. The maximum atomic E-state index is 6.19. The number of hydrogen-bond donors (Lipinski definition) is 0. The van der Waals surface area contributed by atoms with E-state index < -0.39 is 0 Å². The van der Waals surface area contributed by atoms with Crippen molar-refractivity contribution in [2.75, 3.05) is 18.1 Å². The zero-order valence-corrected chi connectivity index (χ0v) is 13.7. The number of halogens is 2. The van der Waals surface area contributed by atoms with E-state index in [4.69, 9.17) is 21.3 Å². The third-order valence-electron chi connectivity index (χ3n) is 3.86. The first kappa shape index (κ1) is 13.1. The van der Waals surface area contributed by atoms with E-state index in [2.05, 4.69) is 25.8 Å². The van der Waals surface area contributed by atoms with Crippen LogP contribution in [-0.4, -0.2) is 39.8 Å². The van der Waals surface area contributed by atoms with Crippen LogP contribution in [0.3, 0.4) is 0 Å². The molecule has 0 amide bonds. The van der Waals surface area contributed by atoms with Crippen LogP contribution >= 0.6 is 38.9 Å². The second-order valence-electron chi connectivity index (χ2n) is 5.01. The molecule has 0 saturated carbocycles. The lowest BCUT2D eigenvalue weighted by atomic mass is 10.2. The Kier molecular flexibility index (Phi) is 3.25. The predicted molar refractivity (Wildman–Crippen MR) is 82.1 cm³/mol. The summed E-state index contributed by atoms with van der Waals surface area (Å²) in [5.41, 5.74) is 0. The Morgan fingerprint density at radius 2 is 2.10 bits per heavy atom. The first-order chi connectivity index (χ1) is 9.74.